The van der Waals surface area contributed by atoms with Gasteiger partial charge in [-0.2, -0.15) is 0 Å². The Bertz CT molecular complexity index is 396. The predicted octanol–water partition coefficient (Wildman–Crippen LogP) is 3.39. The van der Waals surface area contributed by atoms with Crippen LogP contribution in [0.25, 0.3) is 0 Å². The van der Waals surface area contributed by atoms with Crippen LogP contribution in [-0.2, 0) is 19.1 Å². The first-order chi connectivity index (χ1) is 9.56. The Labute approximate surface area is 129 Å². The van der Waals surface area contributed by atoms with Crippen molar-refractivity contribution < 1.29 is 19.1 Å². The molecule has 0 aromatic rings. The van der Waals surface area contributed by atoms with E-state index in [1.54, 1.807) is 0 Å². The van der Waals surface area contributed by atoms with Gasteiger partial charge in [0.25, 0.3) is 0 Å². The molecule has 0 saturated heterocycles. The van der Waals surface area contributed by atoms with E-state index < -0.39 is 20.1 Å². The molecule has 5 heteroatoms. The molecule has 2 unspecified atom stereocenters. The summed E-state index contributed by atoms with van der Waals surface area (Å²) in [7, 11) is -1.42. The van der Waals surface area contributed by atoms with Crippen LogP contribution in [0.3, 0.4) is 0 Å². The van der Waals surface area contributed by atoms with Gasteiger partial charge in [-0.1, -0.05) is 33.1 Å². The van der Waals surface area contributed by atoms with Crippen LogP contribution < -0.4 is 0 Å². The fourth-order valence-corrected chi connectivity index (χ4v) is 3.66. The maximum Gasteiger partial charge on any atom is 0.303 e. The molecule has 21 heavy (non-hydrogen) atoms. The van der Waals surface area contributed by atoms with Gasteiger partial charge in [0.15, 0.2) is 11.9 Å². The predicted molar refractivity (Wildman–Crippen MR) is 86.9 cm³/mol. The Hall–Kier alpha value is -1.23. The number of Topliss-reactive ketones (excluding diaryl/α,β-unsaturated/α-hetero) is 1. The summed E-state index contributed by atoms with van der Waals surface area (Å²) in [5, 5.41) is 0. The molecule has 4 nitrogen and oxygen atoms in total. The largest absolute Gasteiger partial charge is 0.450 e. The van der Waals surface area contributed by atoms with Gasteiger partial charge in [0.05, 0.1) is 0 Å². The van der Waals surface area contributed by atoms with Crippen molar-refractivity contribution in [3.8, 4) is 0 Å². The fourth-order valence-electron chi connectivity index (χ4n) is 2.11. The number of ketones is 1. The van der Waals surface area contributed by atoms with E-state index in [2.05, 4.69) is 26.2 Å². The lowest BCUT2D eigenvalue weighted by Crippen LogP contribution is -2.32. The molecule has 0 aliphatic heterocycles. The minimum absolute atomic E-state index is 0.0461. The molecule has 0 aliphatic carbocycles. The molecule has 0 heterocycles. The topological polar surface area (TPSA) is 60.4 Å². The third-order valence-corrected chi connectivity index (χ3v) is 4.53. The third-order valence-electron chi connectivity index (χ3n) is 3.02. The highest BCUT2D eigenvalue weighted by molar-refractivity contribution is 6.76. The quantitative estimate of drug-likeness (QED) is 0.268. The van der Waals surface area contributed by atoms with Crippen molar-refractivity contribution in [1.82, 2.24) is 0 Å². The van der Waals surface area contributed by atoms with Crippen LogP contribution in [0.4, 0.5) is 0 Å². The molecule has 0 radical (unpaired) electrons. The summed E-state index contributed by atoms with van der Waals surface area (Å²) in [6, 6.07) is 0.751. The molecule has 0 aromatic heterocycles. The summed E-state index contributed by atoms with van der Waals surface area (Å²) in [4.78, 5) is 34.0. The normalized spacial score (nSPS) is 14.1. The summed E-state index contributed by atoms with van der Waals surface area (Å²) in [5.41, 5.74) is 0.692. The standard InChI is InChI=1S/C16H28O4Si/c1-12(10-17)8-7-9-15(19)16(20-14(3)18)13(2)11-21(4,5)6/h10,12,16H,2,7-9,11H2,1,3-6H3. The van der Waals surface area contributed by atoms with Gasteiger partial charge in [0.2, 0.25) is 0 Å². The SMILES string of the molecule is C=C(C[Si](C)(C)C)C(OC(C)=O)C(=O)CCCC(C)C=O. The van der Waals surface area contributed by atoms with Gasteiger partial charge in [-0.05, 0) is 24.5 Å². The van der Waals surface area contributed by atoms with Crippen LogP contribution in [0.15, 0.2) is 12.2 Å². The molecule has 2 atom stereocenters. The summed E-state index contributed by atoms with van der Waals surface area (Å²) in [5.74, 6) is -0.631. The molecular weight excluding hydrogens is 284 g/mol. The van der Waals surface area contributed by atoms with Crippen molar-refractivity contribution in [3.05, 3.63) is 12.2 Å². The average Bonchev–Trinajstić information content (AvgIpc) is 2.32. The Kier molecular flexibility index (Phi) is 8.40. The summed E-state index contributed by atoms with van der Waals surface area (Å²) >= 11 is 0. The first-order valence-corrected chi connectivity index (χ1v) is 11.1. The Morgan fingerprint density at radius 3 is 2.29 bits per heavy atom. The molecule has 120 valence electrons. The second-order valence-electron chi connectivity index (χ2n) is 6.86. The number of ether oxygens (including phenoxy) is 1. The smallest absolute Gasteiger partial charge is 0.303 e. The van der Waals surface area contributed by atoms with Crippen LogP contribution in [0, 0.1) is 5.92 Å². The number of hydrogen-bond donors (Lipinski definition) is 0. The first kappa shape index (κ1) is 19.8. The van der Waals surface area contributed by atoms with Gasteiger partial charge < -0.3 is 9.53 Å². The van der Waals surface area contributed by atoms with Crippen LogP contribution in [-0.4, -0.2) is 32.2 Å². The van der Waals surface area contributed by atoms with E-state index in [9.17, 15) is 14.4 Å². The number of esters is 1. The number of carbonyl (C=O) groups excluding carboxylic acids is 3. The summed E-state index contributed by atoms with van der Waals surface area (Å²) in [6.07, 6.45) is 1.65. The van der Waals surface area contributed by atoms with Gasteiger partial charge in [-0.3, -0.25) is 9.59 Å². The van der Waals surface area contributed by atoms with Gasteiger partial charge >= 0.3 is 5.97 Å². The maximum atomic E-state index is 12.3. The van der Waals surface area contributed by atoms with Crippen molar-refractivity contribution in [3.63, 3.8) is 0 Å². The van der Waals surface area contributed by atoms with Crippen LogP contribution in [0.2, 0.25) is 25.7 Å². The summed E-state index contributed by atoms with van der Waals surface area (Å²) < 4.78 is 5.17. The molecule has 0 fully saturated rings. The molecule has 0 saturated carbocycles. The van der Waals surface area contributed by atoms with Crippen LogP contribution in [0.1, 0.15) is 33.1 Å². The van der Waals surface area contributed by atoms with E-state index in [-0.39, 0.29) is 11.7 Å². The second kappa shape index (κ2) is 8.92. The molecule has 0 aromatic carbocycles. The third kappa shape index (κ3) is 9.34. The monoisotopic (exact) mass is 312 g/mol. The number of rotatable bonds is 10. The maximum absolute atomic E-state index is 12.3. The lowest BCUT2D eigenvalue weighted by molar-refractivity contribution is -0.150. The molecule has 0 N–H and O–H groups in total. The Morgan fingerprint density at radius 2 is 1.86 bits per heavy atom. The van der Waals surface area contributed by atoms with Crippen molar-refractivity contribution in [2.24, 2.45) is 5.92 Å². The van der Waals surface area contributed by atoms with E-state index in [4.69, 9.17) is 4.74 Å². The fraction of sp³-hybridized carbons (Fsp3) is 0.688. The zero-order valence-corrected chi connectivity index (χ0v) is 14.9. The van der Waals surface area contributed by atoms with Crippen molar-refractivity contribution in [2.45, 2.75) is 64.9 Å². The number of hydrogen-bond acceptors (Lipinski definition) is 4. The van der Waals surface area contributed by atoms with E-state index >= 15 is 0 Å². The minimum atomic E-state index is -1.42. The second-order valence-corrected chi connectivity index (χ2v) is 12.3. The van der Waals surface area contributed by atoms with Gasteiger partial charge in [-0.15, -0.1) is 0 Å². The molecule has 0 amide bonds. The first-order valence-electron chi connectivity index (χ1n) is 7.39. The van der Waals surface area contributed by atoms with E-state index in [1.807, 2.05) is 6.92 Å². The molecule has 0 bridgehead atoms. The Morgan fingerprint density at radius 1 is 1.29 bits per heavy atom. The van der Waals surface area contributed by atoms with E-state index in [1.165, 1.54) is 6.92 Å². The lowest BCUT2D eigenvalue weighted by Gasteiger charge is -2.23. The average molecular weight is 312 g/mol. The van der Waals surface area contributed by atoms with E-state index in [0.717, 1.165) is 12.3 Å². The highest BCUT2D eigenvalue weighted by Gasteiger charge is 2.27. The molecule has 0 aliphatic rings. The number of carbonyl (C=O) groups is 3. The highest BCUT2D eigenvalue weighted by Crippen LogP contribution is 2.22. The lowest BCUT2D eigenvalue weighted by atomic mass is 10.00. The minimum Gasteiger partial charge on any atom is -0.450 e. The van der Waals surface area contributed by atoms with Crippen molar-refractivity contribution >= 4 is 26.1 Å². The van der Waals surface area contributed by atoms with Crippen molar-refractivity contribution in [2.75, 3.05) is 0 Å². The van der Waals surface area contributed by atoms with Gasteiger partial charge in [-0.25, -0.2) is 0 Å². The van der Waals surface area contributed by atoms with Gasteiger partial charge in [0.1, 0.15) is 6.29 Å². The molecule has 0 spiro atoms. The van der Waals surface area contributed by atoms with Crippen LogP contribution >= 0.6 is 0 Å². The summed E-state index contributed by atoms with van der Waals surface area (Å²) in [6.45, 7) is 13.6. The molecule has 0 rings (SSSR count). The Balaban J connectivity index is 4.66. The van der Waals surface area contributed by atoms with E-state index in [0.29, 0.717) is 24.8 Å². The zero-order chi connectivity index (χ0) is 16.6. The van der Waals surface area contributed by atoms with Crippen molar-refractivity contribution in [1.29, 1.82) is 0 Å². The van der Waals surface area contributed by atoms with Gasteiger partial charge in [0, 0.05) is 27.3 Å². The van der Waals surface area contributed by atoms with Crippen LogP contribution in [0.5, 0.6) is 0 Å². The zero-order valence-electron chi connectivity index (χ0n) is 13.9. The highest BCUT2D eigenvalue weighted by atomic mass is 28.3. The number of aldehydes is 1. The molecular formula is C16H28O4Si.